The van der Waals surface area contributed by atoms with Crippen LogP contribution in [-0.2, 0) is 19.3 Å². The fraction of sp³-hybridized carbons (Fsp3) is 0.333. The van der Waals surface area contributed by atoms with Gasteiger partial charge in [-0.25, -0.2) is 4.39 Å². The van der Waals surface area contributed by atoms with E-state index < -0.39 is 0 Å². The SMILES string of the molecule is CCc1ccc(CC)c(C(Cl)Cc2cccc(F)c2)c1. The smallest absolute Gasteiger partial charge is 0.123 e. The second-order valence-corrected chi connectivity index (χ2v) is 5.57. The zero-order valence-corrected chi connectivity index (χ0v) is 12.8. The van der Waals surface area contributed by atoms with Gasteiger partial charge >= 0.3 is 0 Å². The highest BCUT2D eigenvalue weighted by Crippen LogP contribution is 2.29. The highest BCUT2D eigenvalue weighted by Gasteiger charge is 2.13. The number of benzene rings is 2. The molecule has 0 radical (unpaired) electrons. The summed E-state index contributed by atoms with van der Waals surface area (Å²) in [6.45, 7) is 4.27. The van der Waals surface area contributed by atoms with Crippen LogP contribution in [0.1, 0.15) is 41.5 Å². The molecule has 0 aromatic heterocycles. The Balaban J connectivity index is 2.25. The second kappa shape index (κ2) is 6.90. The number of aryl methyl sites for hydroxylation is 2. The lowest BCUT2D eigenvalue weighted by Gasteiger charge is -2.16. The average Bonchev–Trinajstić information content (AvgIpc) is 2.46. The molecule has 1 unspecified atom stereocenters. The zero-order valence-electron chi connectivity index (χ0n) is 12.0. The molecule has 0 amide bonds. The van der Waals surface area contributed by atoms with E-state index in [2.05, 4.69) is 32.0 Å². The molecule has 0 aliphatic heterocycles. The van der Waals surface area contributed by atoms with Crippen LogP contribution in [0.15, 0.2) is 42.5 Å². The zero-order chi connectivity index (χ0) is 14.5. The van der Waals surface area contributed by atoms with Gasteiger partial charge in [-0.05, 0) is 53.6 Å². The van der Waals surface area contributed by atoms with Crippen molar-refractivity contribution >= 4 is 11.6 Å². The molecule has 0 bridgehead atoms. The maximum absolute atomic E-state index is 13.2. The summed E-state index contributed by atoms with van der Waals surface area (Å²) in [7, 11) is 0. The Bertz CT molecular complexity index is 577. The number of alkyl halides is 1. The Labute approximate surface area is 125 Å². The van der Waals surface area contributed by atoms with Gasteiger partial charge in [-0.15, -0.1) is 11.6 Å². The van der Waals surface area contributed by atoms with Crippen LogP contribution in [-0.4, -0.2) is 0 Å². The van der Waals surface area contributed by atoms with Crippen LogP contribution in [0, 0.1) is 5.82 Å². The lowest BCUT2D eigenvalue weighted by molar-refractivity contribution is 0.625. The predicted molar refractivity (Wildman–Crippen MR) is 83.9 cm³/mol. The Morgan fingerprint density at radius 2 is 1.80 bits per heavy atom. The molecule has 0 aliphatic rings. The van der Waals surface area contributed by atoms with Crippen LogP contribution in [0.5, 0.6) is 0 Å². The van der Waals surface area contributed by atoms with Crippen molar-refractivity contribution in [2.24, 2.45) is 0 Å². The fourth-order valence-electron chi connectivity index (χ4n) is 2.46. The van der Waals surface area contributed by atoms with Crippen LogP contribution >= 0.6 is 11.6 Å². The van der Waals surface area contributed by atoms with Crippen molar-refractivity contribution in [3.05, 3.63) is 70.5 Å². The van der Waals surface area contributed by atoms with Gasteiger partial charge in [-0.3, -0.25) is 0 Å². The maximum atomic E-state index is 13.2. The molecular weight excluding hydrogens is 271 g/mol. The van der Waals surface area contributed by atoms with Gasteiger partial charge in [-0.2, -0.15) is 0 Å². The summed E-state index contributed by atoms with van der Waals surface area (Å²) < 4.78 is 13.2. The summed E-state index contributed by atoms with van der Waals surface area (Å²) >= 11 is 6.58. The molecule has 2 aromatic rings. The molecule has 1 atom stereocenters. The molecular formula is C18H20ClF. The summed E-state index contributed by atoms with van der Waals surface area (Å²) in [4.78, 5) is 0. The van der Waals surface area contributed by atoms with E-state index in [9.17, 15) is 4.39 Å². The fourth-order valence-corrected chi connectivity index (χ4v) is 2.84. The molecule has 2 aromatic carbocycles. The Kier molecular flexibility index (Phi) is 5.19. The first kappa shape index (κ1) is 15.1. The van der Waals surface area contributed by atoms with Crippen molar-refractivity contribution in [2.45, 2.75) is 38.5 Å². The summed E-state index contributed by atoms with van der Waals surface area (Å²) in [6, 6.07) is 13.2. The molecule has 0 aliphatic carbocycles. The van der Waals surface area contributed by atoms with Gasteiger partial charge < -0.3 is 0 Å². The molecule has 106 valence electrons. The second-order valence-electron chi connectivity index (χ2n) is 5.04. The lowest BCUT2D eigenvalue weighted by atomic mass is 9.95. The monoisotopic (exact) mass is 290 g/mol. The van der Waals surface area contributed by atoms with Crippen molar-refractivity contribution in [1.29, 1.82) is 0 Å². The summed E-state index contributed by atoms with van der Waals surface area (Å²) in [5, 5.41) is -0.113. The Morgan fingerprint density at radius 1 is 1.00 bits per heavy atom. The number of rotatable bonds is 5. The molecule has 0 heterocycles. The maximum Gasteiger partial charge on any atom is 0.123 e. The van der Waals surface area contributed by atoms with Crippen molar-refractivity contribution < 1.29 is 4.39 Å². The Hall–Kier alpha value is -1.34. The highest BCUT2D eigenvalue weighted by atomic mass is 35.5. The Morgan fingerprint density at radius 3 is 2.45 bits per heavy atom. The van der Waals surface area contributed by atoms with Gasteiger partial charge in [0.05, 0.1) is 5.38 Å². The molecule has 0 fully saturated rings. The summed E-state index contributed by atoms with van der Waals surface area (Å²) in [6.07, 6.45) is 2.62. The number of hydrogen-bond donors (Lipinski definition) is 0. The van der Waals surface area contributed by atoms with Crippen molar-refractivity contribution in [3.8, 4) is 0 Å². The normalized spacial score (nSPS) is 12.4. The van der Waals surface area contributed by atoms with Crippen LogP contribution in [0.3, 0.4) is 0 Å². The van der Waals surface area contributed by atoms with Gasteiger partial charge in [0.2, 0.25) is 0 Å². The molecule has 0 saturated heterocycles. The molecule has 0 N–H and O–H groups in total. The van der Waals surface area contributed by atoms with E-state index in [1.807, 2.05) is 6.07 Å². The molecule has 20 heavy (non-hydrogen) atoms. The first-order chi connectivity index (χ1) is 9.63. The average molecular weight is 291 g/mol. The van der Waals surface area contributed by atoms with Crippen LogP contribution in [0.4, 0.5) is 4.39 Å². The minimum absolute atomic E-state index is 0.113. The van der Waals surface area contributed by atoms with Crippen LogP contribution in [0.25, 0.3) is 0 Å². The molecule has 0 spiro atoms. The van der Waals surface area contributed by atoms with Crippen molar-refractivity contribution in [1.82, 2.24) is 0 Å². The third kappa shape index (κ3) is 3.61. The van der Waals surface area contributed by atoms with E-state index in [1.165, 1.54) is 22.8 Å². The van der Waals surface area contributed by atoms with Gasteiger partial charge in [-0.1, -0.05) is 44.2 Å². The number of hydrogen-bond acceptors (Lipinski definition) is 0. The van der Waals surface area contributed by atoms with Gasteiger partial charge in [0.25, 0.3) is 0 Å². The van der Waals surface area contributed by atoms with E-state index >= 15 is 0 Å². The highest BCUT2D eigenvalue weighted by molar-refractivity contribution is 6.21. The largest absolute Gasteiger partial charge is 0.207 e. The lowest BCUT2D eigenvalue weighted by Crippen LogP contribution is -2.02. The minimum Gasteiger partial charge on any atom is -0.207 e. The third-order valence-electron chi connectivity index (χ3n) is 3.64. The first-order valence-corrected chi connectivity index (χ1v) is 7.57. The van der Waals surface area contributed by atoms with Crippen molar-refractivity contribution in [2.75, 3.05) is 0 Å². The van der Waals surface area contributed by atoms with Gasteiger partial charge in [0.15, 0.2) is 0 Å². The van der Waals surface area contributed by atoms with E-state index in [0.29, 0.717) is 6.42 Å². The van der Waals surface area contributed by atoms with Gasteiger partial charge in [0.1, 0.15) is 5.82 Å². The number of halogens is 2. The minimum atomic E-state index is -0.204. The van der Waals surface area contributed by atoms with E-state index in [4.69, 9.17) is 11.6 Å². The van der Waals surface area contributed by atoms with Crippen LogP contribution in [0.2, 0.25) is 0 Å². The quantitative estimate of drug-likeness (QED) is 0.640. The predicted octanol–water partition coefficient (Wildman–Crippen LogP) is 5.47. The van der Waals surface area contributed by atoms with E-state index in [1.54, 1.807) is 12.1 Å². The molecule has 0 nitrogen and oxygen atoms in total. The van der Waals surface area contributed by atoms with Crippen molar-refractivity contribution in [3.63, 3.8) is 0 Å². The van der Waals surface area contributed by atoms with Crippen LogP contribution < -0.4 is 0 Å². The molecule has 0 saturated carbocycles. The topological polar surface area (TPSA) is 0 Å². The molecule has 2 heteroatoms. The van der Waals surface area contributed by atoms with E-state index in [-0.39, 0.29) is 11.2 Å². The third-order valence-corrected chi connectivity index (χ3v) is 4.03. The first-order valence-electron chi connectivity index (χ1n) is 7.14. The molecule has 2 rings (SSSR count). The summed E-state index contributed by atoms with van der Waals surface area (Å²) in [5.41, 5.74) is 4.69. The summed E-state index contributed by atoms with van der Waals surface area (Å²) in [5.74, 6) is -0.204. The standard InChI is InChI=1S/C18H20ClF/c1-3-13-8-9-15(4-2)17(11-13)18(19)12-14-6-5-7-16(20)10-14/h5-11,18H,3-4,12H2,1-2H3. The van der Waals surface area contributed by atoms with Gasteiger partial charge in [0, 0.05) is 0 Å². The van der Waals surface area contributed by atoms with E-state index in [0.717, 1.165) is 18.4 Å².